The van der Waals surface area contributed by atoms with Crippen LogP contribution in [-0.2, 0) is 0 Å². The summed E-state index contributed by atoms with van der Waals surface area (Å²) in [6.07, 6.45) is 8.78. The molecule has 1 atom stereocenters. The minimum Gasteiger partial charge on any atom is -0.494 e. The summed E-state index contributed by atoms with van der Waals surface area (Å²) in [7, 11) is 0. The van der Waals surface area contributed by atoms with Gasteiger partial charge in [0, 0.05) is 23.5 Å². The molecule has 164 valence electrons. The zero-order chi connectivity index (χ0) is 21.9. The van der Waals surface area contributed by atoms with Gasteiger partial charge in [0.15, 0.2) is 5.82 Å². The highest BCUT2D eigenvalue weighted by Gasteiger charge is 2.05. The third-order valence-electron chi connectivity index (χ3n) is 4.95. The van der Waals surface area contributed by atoms with E-state index in [0.29, 0.717) is 11.6 Å². The summed E-state index contributed by atoms with van der Waals surface area (Å²) < 4.78 is 24.1. The van der Waals surface area contributed by atoms with Crippen molar-refractivity contribution >= 4 is 0 Å². The zero-order valence-electron chi connectivity index (χ0n) is 18.4. The third-order valence-corrected chi connectivity index (χ3v) is 4.95. The SMILES string of the molecule is CCCCCCCOc1ccc(-c2ncc(-c3ccc(OCC(C)F)cc3)cn2)cc1. The Labute approximate surface area is 184 Å². The van der Waals surface area contributed by atoms with Gasteiger partial charge in [-0.15, -0.1) is 0 Å². The Balaban J connectivity index is 1.53. The highest BCUT2D eigenvalue weighted by molar-refractivity contribution is 5.64. The van der Waals surface area contributed by atoms with Crippen LogP contribution in [0.5, 0.6) is 11.5 Å². The van der Waals surface area contributed by atoms with E-state index < -0.39 is 6.17 Å². The van der Waals surface area contributed by atoms with Crippen LogP contribution in [0.4, 0.5) is 4.39 Å². The quantitative estimate of drug-likeness (QED) is 0.298. The van der Waals surface area contributed by atoms with E-state index >= 15 is 0 Å². The number of nitrogens with zero attached hydrogens (tertiary/aromatic N) is 2. The summed E-state index contributed by atoms with van der Waals surface area (Å²) in [6.45, 7) is 4.51. The molecule has 0 spiro atoms. The van der Waals surface area contributed by atoms with Crippen LogP contribution in [0.2, 0.25) is 0 Å². The minimum atomic E-state index is -0.989. The van der Waals surface area contributed by atoms with Gasteiger partial charge >= 0.3 is 0 Å². The number of alkyl halides is 1. The van der Waals surface area contributed by atoms with Crippen molar-refractivity contribution in [2.24, 2.45) is 0 Å². The average Bonchev–Trinajstić information content (AvgIpc) is 2.81. The molecule has 0 radical (unpaired) electrons. The van der Waals surface area contributed by atoms with Crippen molar-refractivity contribution in [2.45, 2.75) is 52.1 Å². The number of unbranched alkanes of at least 4 members (excludes halogenated alkanes) is 4. The second kappa shape index (κ2) is 12.0. The predicted molar refractivity (Wildman–Crippen MR) is 123 cm³/mol. The highest BCUT2D eigenvalue weighted by atomic mass is 19.1. The maximum Gasteiger partial charge on any atom is 0.159 e. The Morgan fingerprint density at radius 2 is 1.32 bits per heavy atom. The molecule has 4 nitrogen and oxygen atoms in total. The molecule has 2 aromatic carbocycles. The second-order valence-electron chi connectivity index (χ2n) is 7.70. The van der Waals surface area contributed by atoms with Crippen molar-refractivity contribution in [1.29, 1.82) is 0 Å². The van der Waals surface area contributed by atoms with Crippen molar-refractivity contribution in [1.82, 2.24) is 9.97 Å². The smallest absolute Gasteiger partial charge is 0.159 e. The molecule has 1 heterocycles. The van der Waals surface area contributed by atoms with Crippen LogP contribution < -0.4 is 9.47 Å². The topological polar surface area (TPSA) is 44.2 Å². The minimum absolute atomic E-state index is 0.0555. The van der Waals surface area contributed by atoms with Gasteiger partial charge in [0.05, 0.1) is 6.61 Å². The summed E-state index contributed by atoms with van der Waals surface area (Å²) >= 11 is 0. The third kappa shape index (κ3) is 7.35. The van der Waals surface area contributed by atoms with Crippen LogP contribution in [-0.4, -0.2) is 29.4 Å². The number of halogens is 1. The summed E-state index contributed by atoms with van der Waals surface area (Å²) in [5, 5.41) is 0. The van der Waals surface area contributed by atoms with Crippen molar-refractivity contribution < 1.29 is 13.9 Å². The van der Waals surface area contributed by atoms with Gasteiger partial charge in [-0.25, -0.2) is 14.4 Å². The van der Waals surface area contributed by atoms with Crippen molar-refractivity contribution in [2.75, 3.05) is 13.2 Å². The Morgan fingerprint density at radius 1 is 0.742 bits per heavy atom. The van der Waals surface area contributed by atoms with Crippen LogP contribution in [0, 0.1) is 0 Å². The fourth-order valence-corrected chi connectivity index (χ4v) is 3.18. The molecule has 1 unspecified atom stereocenters. The monoisotopic (exact) mass is 422 g/mol. The van der Waals surface area contributed by atoms with E-state index in [9.17, 15) is 4.39 Å². The van der Waals surface area contributed by atoms with Crippen LogP contribution in [0.25, 0.3) is 22.5 Å². The fourth-order valence-electron chi connectivity index (χ4n) is 3.18. The lowest BCUT2D eigenvalue weighted by Gasteiger charge is -2.08. The molecule has 3 aromatic rings. The number of hydrogen-bond acceptors (Lipinski definition) is 4. The Hall–Kier alpha value is -2.95. The van der Waals surface area contributed by atoms with Crippen LogP contribution in [0.15, 0.2) is 60.9 Å². The standard InChI is InChI=1S/C26H31FN2O2/c1-3-4-5-6-7-16-30-24-14-10-22(11-15-24)26-28-17-23(18-29-26)21-8-12-25(13-9-21)31-19-20(2)27/h8-15,17-18,20H,3-7,16,19H2,1-2H3. The maximum absolute atomic E-state index is 12.9. The molecular weight excluding hydrogens is 391 g/mol. The van der Waals surface area contributed by atoms with Crippen LogP contribution in [0.3, 0.4) is 0 Å². The van der Waals surface area contributed by atoms with E-state index in [-0.39, 0.29) is 6.61 Å². The molecule has 0 fully saturated rings. The molecule has 0 N–H and O–H groups in total. The van der Waals surface area contributed by atoms with Gasteiger partial charge in [-0.2, -0.15) is 0 Å². The summed E-state index contributed by atoms with van der Waals surface area (Å²) in [6, 6.07) is 15.4. The van der Waals surface area contributed by atoms with Gasteiger partial charge in [0.2, 0.25) is 0 Å². The first kappa shape index (κ1) is 22.7. The molecular formula is C26H31FN2O2. The number of benzene rings is 2. The van der Waals surface area contributed by atoms with Crippen molar-refractivity contribution in [3.8, 4) is 34.0 Å². The van der Waals surface area contributed by atoms with Gasteiger partial charge in [0.1, 0.15) is 24.3 Å². The molecule has 0 aliphatic rings. The highest BCUT2D eigenvalue weighted by Crippen LogP contribution is 2.24. The second-order valence-corrected chi connectivity index (χ2v) is 7.70. The Morgan fingerprint density at radius 3 is 1.94 bits per heavy atom. The van der Waals surface area contributed by atoms with E-state index in [4.69, 9.17) is 9.47 Å². The molecule has 0 aliphatic carbocycles. The number of rotatable bonds is 12. The number of hydrogen-bond donors (Lipinski definition) is 0. The lowest BCUT2D eigenvalue weighted by molar-refractivity contribution is 0.210. The lowest BCUT2D eigenvalue weighted by atomic mass is 10.1. The first-order chi connectivity index (χ1) is 15.2. The van der Waals surface area contributed by atoms with Gasteiger partial charge in [-0.3, -0.25) is 0 Å². The fraction of sp³-hybridized carbons (Fsp3) is 0.385. The van der Waals surface area contributed by atoms with Gasteiger partial charge in [0.25, 0.3) is 0 Å². The van der Waals surface area contributed by atoms with E-state index in [1.807, 2.05) is 60.9 Å². The van der Waals surface area contributed by atoms with Gasteiger partial charge in [-0.05, 0) is 55.3 Å². The number of ether oxygens (including phenoxy) is 2. The molecule has 0 saturated carbocycles. The molecule has 1 aromatic heterocycles. The maximum atomic E-state index is 12.9. The van der Waals surface area contributed by atoms with Gasteiger partial charge in [-0.1, -0.05) is 44.7 Å². The molecule has 5 heteroatoms. The molecule has 31 heavy (non-hydrogen) atoms. The molecule has 0 saturated heterocycles. The van der Waals surface area contributed by atoms with E-state index in [1.165, 1.54) is 32.6 Å². The van der Waals surface area contributed by atoms with Crippen molar-refractivity contribution in [3.63, 3.8) is 0 Å². The Kier molecular flexibility index (Phi) is 8.83. The van der Waals surface area contributed by atoms with E-state index in [0.717, 1.165) is 35.5 Å². The summed E-state index contributed by atoms with van der Waals surface area (Å²) in [5.41, 5.74) is 2.85. The van der Waals surface area contributed by atoms with Crippen molar-refractivity contribution in [3.05, 3.63) is 60.9 Å². The van der Waals surface area contributed by atoms with E-state index in [1.54, 1.807) is 0 Å². The predicted octanol–water partition coefficient (Wildman–Crippen LogP) is 6.90. The Bertz CT molecular complexity index is 894. The largest absolute Gasteiger partial charge is 0.494 e. The first-order valence-electron chi connectivity index (χ1n) is 11.1. The molecule has 0 bridgehead atoms. The number of aromatic nitrogens is 2. The van der Waals surface area contributed by atoms with Gasteiger partial charge < -0.3 is 9.47 Å². The average molecular weight is 423 g/mol. The van der Waals surface area contributed by atoms with E-state index in [2.05, 4.69) is 16.9 Å². The summed E-state index contributed by atoms with van der Waals surface area (Å²) in [4.78, 5) is 9.02. The molecule has 0 amide bonds. The molecule has 3 rings (SSSR count). The molecule has 0 aliphatic heterocycles. The normalized spacial score (nSPS) is 11.8. The summed E-state index contributed by atoms with van der Waals surface area (Å²) in [5.74, 6) is 2.20. The van der Waals surface area contributed by atoms with Crippen LogP contribution in [0.1, 0.15) is 46.0 Å². The lowest BCUT2D eigenvalue weighted by Crippen LogP contribution is -2.08. The zero-order valence-corrected chi connectivity index (χ0v) is 18.4. The van der Waals surface area contributed by atoms with Crippen LogP contribution >= 0.6 is 0 Å². The first-order valence-corrected chi connectivity index (χ1v) is 11.1.